The average molecular weight is 518 g/mol. The second-order valence-electron chi connectivity index (χ2n) is 6.98. The van der Waals surface area contributed by atoms with Gasteiger partial charge in [0.1, 0.15) is 17.2 Å². The molecule has 0 radical (unpaired) electrons. The van der Waals surface area contributed by atoms with Crippen LogP contribution in [0.25, 0.3) is 0 Å². The van der Waals surface area contributed by atoms with E-state index in [1.807, 2.05) is 0 Å². The highest BCUT2D eigenvalue weighted by Gasteiger charge is 2.47. The van der Waals surface area contributed by atoms with Crippen LogP contribution in [0.2, 0.25) is 5.02 Å². The van der Waals surface area contributed by atoms with E-state index in [9.17, 15) is 22.4 Å². The number of halogens is 6. The summed E-state index contributed by atoms with van der Waals surface area (Å²) in [6, 6.07) is 7.94. The number of aromatic nitrogens is 2. The molecule has 1 aliphatic rings. The van der Waals surface area contributed by atoms with E-state index in [2.05, 4.69) is 31.7 Å². The van der Waals surface area contributed by atoms with Crippen molar-refractivity contribution in [1.29, 1.82) is 0 Å². The van der Waals surface area contributed by atoms with E-state index < -0.39 is 30.0 Å². The lowest BCUT2D eigenvalue weighted by atomic mass is 9.96. The first-order valence-corrected chi connectivity index (χ1v) is 10.2. The van der Waals surface area contributed by atoms with Crippen LogP contribution in [0, 0.1) is 5.82 Å². The zero-order valence-electron chi connectivity index (χ0n) is 15.6. The molecule has 5 nitrogen and oxygen atoms in total. The number of anilines is 2. The summed E-state index contributed by atoms with van der Waals surface area (Å²) in [5, 5.41) is 9.15. The third-order valence-corrected chi connectivity index (χ3v) is 5.77. The van der Waals surface area contributed by atoms with Gasteiger partial charge in [0, 0.05) is 16.6 Å². The number of rotatable bonds is 3. The van der Waals surface area contributed by atoms with Crippen LogP contribution in [-0.2, 0) is 0 Å². The number of hydrogen-bond donors (Lipinski definition) is 2. The number of benzene rings is 2. The highest BCUT2D eigenvalue weighted by atomic mass is 79.9. The Labute approximate surface area is 187 Å². The molecule has 0 bridgehead atoms. The molecule has 0 fully saturated rings. The fraction of sp³-hybridized carbons (Fsp3) is 0.200. The zero-order valence-corrected chi connectivity index (χ0v) is 17.9. The highest BCUT2D eigenvalue weighted by molar-refractivity contribution is 9.10. The highest BCUT2D eigenvalue weighted by Crippen LogP contribution is 2.44. The summed E-state index contributed by atoms with van der Waals surface area (Å²) in [4.78, 5) is 12.7. The Bertz CT molecular complexity index is 1130. The largest absolute Gasteiger partial charge is 0.410 e. The van der Waals surface area contributed by atoms with Gasteiger partial charge in [-0.3, -0.25) is 4.79 Å². The maximum atomic E-state index is 13.8. The zero-order chi connectivity index (χ0) is 22.3. The molecule has 1 aliphatic heterocycles. The first kappa shape index (κ1) is 21.6. The Morgan fingerprint density at radius 1 is 1.23 bits per heavy atom. The quantitative estimate of drug-likeness (QED) is 0.398. The molecule has 162 valence electrons. The lowest BCUT2D eigenvalue weighted by Crippen LogP contribution is -2.36. The van der Waals surface area contributed by atoms with Gasteiger partial charge in [0.15, 0.2) is 6.04 Å². The molecule has 11 heteroatoms. The molecular weight excluding hydrogens is 504 g/mol. The van der Waals surface area contributed by atoms with E-state index in [1.165, 1.54) is 12.1 Å². The van der Waals surface area contributed by atoms with Crippen molar-refractivity contribution in [2.75, 3.05) is 10.6 Å². The molecule has 2 atom stereocenters. The molecular formula is C20H14BrClF4N4O. The number of alkyl halides is 3. The number of amides is 1. The smallest absolute Gasteiger partial charge is 0.363 e. The predicted molar refractivity (Wildman–Crippen MR) is 112 cm³/mol. The molecule has 0 aliphatic carbocycles. The number of hydrogen-bond acceptors (Lipinski definition) is 3. The van der Waals surface area contributed by atoms with E-state index >= 15 is 0 Å². The number of carbonyl (C=O) groups excluding carboxylic acids is 1. The Hall–Kier alpha value is -2.59. The summed E-state index contributed by atoms with van der Waals surface area (Å²) in [6.45, 7) is 0. The third-order valence-electron chi connectivity index (χ3n) is 4.93. The van der Waals surface area contributed by atoms with Gasteiger partial charge < -0.3 is 10.6 Å². The molecule has 4 rings (SSSR count). The number of carbonyl (C=O) groups is 1. The molecule has 2 heterocycles. The van der Waals surface area contributed by atoms with E-state index in [4.69, 9.17) is 11.6 Å². The van der Waals surface area contributed by atoms with Crippen LogP contribution in [0.15, 0.2) is 53.1 Å². The van der Waals surface area contributed by atoms with Gasteiger partial charge in [-0.25, -0.2) is 9.07 Å². The molecule has 0 saturated carbocycles. The SMILES string of the molecule is O=C(Nc1ccc(Cl)c(F)c1)c1cnn2c1N[C@@H](c1ccc(Br)cc1)C[C@H]2C(F)(F)F. The summed E-state index contributed by atoms with van der Waals surface area (Å²) in [7, 11) is 0. The molecule has 2 N–H and O–H groups in total. The first-order chi connectivity index (χ1) is 14.6. The fourth-order valence-corrected chi connectivity index (χ4v) is 3.80. The lowest BCUT2D eigenvalue weighted by Gasteiger charge is -2.34. The van der Waals surface area contributed by atoms with Gasteiger partial charge in [0.25, 0.3) is 5.91 Å². The van der Waals surface area contributed by atoms with Gasteiger partial charge in [-0.2, -0.15) is 18.3 Å². The van der Waals surface area contributed by atoms with E-state index in [0.29, 0.717) is 5.56 Å². The summed E-state index contributed by atoms with van der Waals surface area (Å²) in [5.41, 5.74) is 0.655. The number of nitrogens with zero attached hydrogens (tertiary/aromatic N) is 2. The predicted octanol–water partition coefficient (Wildman–Crippen LogP) is 6.35. The maximum Gasteiger partial charge on any atom is 0.410 e. The number of fused-ring (bicyclic) bond motifs is 1. The van der Waals surface area contributed by atoms with Crippen molar-refractivity contribution < 1.29 is 22.4 Å². The summed E-state index contributed by atoms with van der Waals surface area (Å²) < 4.78 is 56.5. The minimum absolute atomic E-state index is 0.0616. The first-order valence-electron chi connectivity index (χ1n) is 9.06. The Morgan fingerprint density at radius 3 is 2.58 bits per heavy atom. The lowest BCUT2D eigenvalue weighted by molar-refractivity contribution is -0.173. The van der Waals surface area contributed by atoms with Crippen molar-refractivity contribution in [3.63, 3.8) is 0 Å². The minimum Gasteiger partial charge on any atom is -0.363 e. The van der Waals surface area contributed by atoms with Crippen LogP contribution in [-0.4, -0.2) is 21.9 Å². The summed E-state index contributed by atoms with van der Waals surface area (Å²) >= 11 is 8.94. The van der Waals surface area contributed by atoms with Crippen molar-refractivity contribution in [3.05, 3.63) is 75.1 Å². The van der Waals surface area contributed by atoms with Crippen molar-refractivity contribution in [1.82, 2.24) is 9.78 Å². The molecule has 1 amide bonds. The van der Waals surface area contributed by atoms with E-state index in [0.717, 1.165) is 21.4 Å². The second-order valence-corrected chi connectivity index (χ2v) is 8.30. The van der Waals surface area contributed by atoms with E-state index in [-0.39, 0.29) is 28.5 Å². The van der Waals surface area contributed by atoms with Crippen LogP contribution < -0.4 is 10.6 Å². The van der Waals surface area contributed by atoms with Crippen LogP contribution in [0.4, 0.5) is 29.1 Å². The van der Waals surface area contributed by atoms with Gasteiger partial charge in [-0.05, 0) is 35.9 Å². The van der Waals surface area contributed by atoms with Crippen LogP contribution >= 0.6 is 27.5 Å². The topological polar surface area (TPSA) is 59.0 Å². The molecule has 0 saturated heterocycles. The molecule has 2 aromatic carbocycles. The average Bonchev–Trinajstić information content (AvgIpc) is 3.14. The Kier molecular flexibility index (Phi) is 5.69. The fourth-order valence-electron chi connectivity index (χ4n) is 3.41. The van der Waals surface area contributed by atoms with Gasteiger partial charge >= 0.3 is 6.18 Å². The minimum atomic E-state index is -4.57. The van der Waals surface area contributed by atoms with Gasteiger partial charge in [-0.15, -0.1) is 0 Å². The normalized spacial score (nSPS) is 18.3. The van der Waals surface area contributed by atoms with Crippen molar-refractivity contribution >= 4 is 44.9 Å². The Balaban J connectivity index is 1.68. The maximum absolute atomic E-state index is 13.8. The molecule has 0 spiro atoms. The van der Waals surface area contributed by atoms with Crippen LogP contribution in [0.5, 0.6) is 0 Å². The van der Waals surface area contributed by atoms with Gasteiger partial charge in [0.05, 0.1) is 17.3 Å². The summed E-state index contributed by atoms with van der Waals surface area (Å²) in [5.74, 6) is -1.52. The third kappa shape index (κ3) is 4.40. The molecule has 0 unspecified atom stereocenters. The Morgan fingerprint density at radius 2 is 1.94 bits per heavy atom. The number of nitrogens with one attached hydrogen (secondary N) is 2. The molecule has 1 aromatic heterocycles. The standard InChI is InChI=1S/C20H14BrClF4N4O/c21-11-3-1-10(2-4-11)16-8-17(20(24,25)26)30-18(29-16)13(9-27-30)19(31)28-12-5-6-14(22)15(23)7-12/h1-7,9,16-17,29H,8H2,(H,28,31)/t16-,17+/m1/s1. The van der Waals surface area contributed by atoms with Crippen molar-refractivity contribution in [3.8, 4) is 0 Å². The van der Waals surface area contributed by atoms with Crippen LogP contribution in [0.1, 0.15) is 34.4 Å². The monoisotopic (exact) mass is 516 g/mol. The van der Waals surface area contributed by atoms with Crippen molar-refractivity contribution in [2.45, 2.75) is 24.7 Å². The van der Waals surface area contributed by atoms with E-state index in [1.54, 1.807) is 24.3 Å². The van der Waals surface area contributed by atoms with Crippen molar-refractivity contribution in [2.24, 2.45) is 0 Å². The molecule has 3 aromatic rings. The second kappa shape index (κ2) is 8.16. The summed E-state index contributed by atoms with van der Waals surface area (Å²) in [6.07, 6.45) is -3.79. The van der Waals surface area contributed by atoms with Crippen LogP contribution in [0.3, 0.4) is 0 Å². The van der Waals surface area contributed by atoms with Gasteiger partial charge in [-0.1, -0.05) is 39.7 Å². The van der Waals surface area contributed by atoms with Gasteiger partial charge in [0.2, 0.25) is 0 Å². The molecule has 31 heavy (non-hydrogen) atoms.